The Bertz CT molecular complexity index is 1290. The van der Waals surface area contributed by atoms with E-state index in [0.29, 0.717) is 16.6 Å². The van der Waals surface area contributed by atoms with Gasteiger partial charge in [-0.15, -0.1) is 0 Å². The van der Waals surface area contributed by atoms with Gasteiger partial charge >= 0.3 is 0 Å². The number of hydrogen-bond acceptors (Lipinski definition) is 4. The topological polar surface area (TPSA) is 74.0 Å². The number of aromatic nitrogens is 4. The Morgan fingerprint density at radius 2 is 1.71 bits per heavy atom. The van der Waals surface area contributed by atoms with Gasteiger partial charge in [-0.1, -0.05) is 74.3 Å². The first-order valence-corrected chi connectivity index (χ1v) is 11.5. The highest BCUT2D eigenvalue weighted by molar-refractivity contribution is 6.33. The lowest BCUT2D eigenvalue weighted by Gasteiger charge is -2.19. The van der Waals surface area contributed by atoms with Crippen LogP contribution in [0.5, 0.6) is 5.75 Å². The highest BCUT2D eigenvalue weighted by Crippen LogP contribution is 2.25. The minimum atomic E-state index is -0.418. The Labute approximate surface area is 208 Å². The van der Waals surface area contributed by atoms with E-state index in [4.69, 9.17) is 27.9 Å². The molecule has 2 heterocycles. The number of hydrogen-bond donors (Lipinski definition) is 1. The number of anilines is 1. The van der Waals surface area contributed by atoms with E-state index in [1.807, 2.05) is 48.5 Å². The minimum Gasteiger partial charge on any atom is -0.471 e. The summed E-state index contributed by atoms with van der Waals surface area (Å²) in [5, 5.41) is 12.3. The molecule has 2 aromatic heterocycles. The summed E-state index contributed by atoms with van der Waals surface area (Å²) in [5.74, 6) is 0.562. The first-order chi connectivity index (χ1) is 16.2. The number of nitrogens with zero attached hydrogens (tertiary/aromatic N) is 4. The molecule has 0 saturated carbocycles. The van der Waals surface area contributed by atoms with Crippen molar-refractivity contribution in [2.45, 2.75) is 39.5 Å². The van der Waals surface area contributed by atoms with Crippen molar-refractivity contribution in [3.63, 3.8) is 0 Å². The van der Waals surface area contributed by atoms with Crippen molar-refractivity contribution >= 4 is 34.9 Å². The number of halogens is 2. The van der Waals surface area contributed by atoms with Crippen molar-refractivity contribution in [3.8, 4) is 5.75 Å². The number of nitrogens with one attached hydrogen (secondary N) is 1. The Morgan fingerprint density at radius 3 is 2.41 bits per heavy atom. The van der Waals surface area contributed by atoms with Gasteiger partial charge in [-0.2, -0.15) is 10.2 Å². The SMILES string of the molecule is CC(C)(C)c1ccc(OCn2ccc(C(=O)Nc3nn(Cc4ccccc4Cl)cc3Cl)n2)cc1. The predicted octanol–water partition coefficient (Wildman–Crippen LogP) is 6.02. The molecule has 1 amide bonds. The third-order valence-corrected chi connectivity index (χ3v) is 5.84. The lowest BCUT2D eigenvalue weighted by atomic mass is 9.87. The minimum absolute atomic E-state index is 0.0795. The molecule has 0 radical (unpaired) electrons. The molecule has 2 aromatic carbocycles. The maximum Gasteiger partial charge on any atom is 0.277 e. The van der Waals surface area contributed by atoms with Crippen molar-refractivity contribution in [2.24, 2.45) is 0 Å². The van der Waals surface area contributed by atoms with E-state index in [1.165, 1.54) is 5.56 Å². The molecule has 9 heteroatoms. The van der Waals surface area contributed by atoms with Crippen molar-refractivity contribution in [3.05, 3.63) is 93.9 Å². The van der Waals surface area contributed by atoms with E-state index in [2.05, 4.69) is 36.3 Å². The number of amides is 1. The molecule has 4 aromatic rings. The van der Waals surface area contributed by atoms with Gasteiger partial charge < -0.3 is 10.1 Å². The quantitative estimate of drug-likeness (QED) is 0.338. The Balaban J connectivity index is 1.35. The number of carbonyl (C=O) groups excluding carboxylic acids is 1. The second-order valence-corrected chi connectivity index (χ2v) is 9.67. The second kappa shape index (κ2) is 9.91. The van der Waals surface area contributed by atoms with Gasteiger partial charge in [-0.25, -0.2) is 4.68 Å². The van der Waals surface area contributed by atoms with Crippen LogP contribution in [0, 0.1) is 0 Å². The monoisotopic (exact) mass is 497 g/mol. The summed E-state index contributed by atoms with van der Waals surface area (Å²) in [4.78, 5) is 12.7. The fraction of sp³-hybridized carbons (Fsp3) is 0.240. The molecule has 0 bridgehead atoms. The van der Waals surface area contributed by atoms with Crippen LogP contribution in [-0.4, -0.2) is 25.5 Å². The summed E-state index contributed by atoms with van der Waals surface area (Å²) >= 11 is 12.5. The van der Waals surface area contributed by atoms with Gasteiger partial charge in [0.25, 0.3) is 5.91 Å². The fourth-order valence-electron chi connectivity index (χ4n) is 3.28. The molecule has 4 rings (SSSR count). The third kappa shape index (κ3) is 5.79. The summed E-state index contributed by atoms with van der Waals surface area (Å²) in [5.41, 5.74) is 2.43. The lowest BCUT2D eigenvalue weighted by Crippen LogP contribution is -2.15. The first-order valence-electron chi connectivity index (χ1n) is 10.7. The summed E-state index contributed by atoms with van der Waals surface area (Å²) in [6.07, 6.45) is 3.31. The number of rotatable bonds is 7. The number of carbonyl (C=O) groups is 1. The van der Waals surface area contributed by atoms with E-state index in [9.17, 15) is 4.79 Å². The fourth-order valence-corrected chi connectivity index (χ4v) is 3.68. The number of benzene rings is 2. The predicted molar refractivity (Wildman–Crippen MR) is 134 cm³/mol. The van der Waals surface area contributed by atoms with Crippen molar-refractivity contribution < 1.29 is 9.53 Å². The zero-order chi connectivity index (χ0) is 24.3. The Kier molecular flexibility index (Phi) is 6.95. The van der Waals surface area contributed by atoms with Crippen LogP contribution in [0.25, 0.3) is 0 Å². The standard InChI is InChI=1S/C25H25Cl2N5O2/c1-25(2,3)18-8-10-19(11-9-18)34-16-31-13-12-22(29-31)24(33)28-23-21(27)15-32(30-23)14-17-6-4-5-7-20(17)26/h4-13,15H,14,16H2,1-3H3,(H,28,30,33). The normalized spacial score (nSPS) is 11.4. The molecule has 0 spiro atoms. The maximum absolute atomic E-state index is 12.7. The molecule has 7 nitrogen and oxygen atoms in total. The smallest absolute Gasteiger partial charge is 0.277 e. The van der Waals surface area contributed by atoms with Crippen LogP contribution in [-0.2, 0) is 18.7 Å². The molecule has 0 aliphatic carbocycles. The summed E-state index contributed by atoms with van der Waals surface area (Å²) in [7, 11) is 0. The van der Waals surface area contributed by atoms with Gasteiger partial charge in [-0.3, -0.25) is 9.48 Å². The van der Waals surface area contributed by atoms with E-state index in [1.54, 1.807) is 27.8 Å². The molecule has 0 fully saturated rings. The third-order valence-electron chi connectivity index (χ3n) is 5.20. The summed E-state index contributed by atoms with van der Waals surface area (Å²) < 4.78 is 8.95. The highest BCUT2D eigenvalue weighted by Gasteiger charge is 2.16. The largest absolute Gasteiger partial charge is 0.471 e. The van der Waals surface area contributed by atoms with Gasteiger partial charge in [0.1, 0.15) is 10.8 Å². The van der Waals surface area contributed by atoms with Gasteiger partial charge in [0, 0.05) is 17.4 Å². The van der Waals surface area contributed by atoms with E-state index in [-0.39, 0.29) is 23.7 Å². The Hall–Kier alpha value is -3.29. The first kappa shape index (κ1) is 23.9. The lowest BCUT2D eigenvalue weighted by molar-refractivity contribution is 0.101. The molecule has 0 aliphatic heterocycles. The zero-order valence-corrected chi connectivity index (χ0v) is 20.6. The van der Waals surface area contributed by atoms with Crippen LogP contribution in [0.3, 0.4) is 0 Å². The Morgan fingerprint density at radius 1 is 0.971 bits per heavy atom. The molecule has 0 saturated heterocycles. The molecule has 0 aliphatic rings. The van der Waals surface area contributed by atoms with Crippen LogP contribution in [0.2, 0.25) is 10.0 Å². The van der Waals surface area contributed by atoms with E-state index < -0.39 is 5.91 Å². The highest BCUT2D eigenvalue weighted by atomic mass is 35.5. The van der Waals surface area contributed by atoms with E-state index >= 15 is 0 Å². The van der Waals surface area contributed by atoms with Crippen LogP contribution >= 0.6 is 23.2 Å². The van der Waals surface area contributed by atoms with Crippen molar-refractivity contribution in [2.75, 3.05) is 5.32 Å². The van der Waals surface area contributed by atoms with Crippen LogP contribution in [0.1, 0.15) is 42.4 Å². The molecular weight excluding hydrogens is 473 g/mol. The van der Waals surface area contributed by atoms with Crippen LogP contribution < -0.4 is 10.1 Å². The van der Waals surface area contributed by atoms with Crippen molar-refractivity contribution in [1.82, 2.24) is 19.6 Å². The molecule has 34 heavy (non-hydrogen) atoms. The van der Waals surface area contributed by atoms with Crippen LogP contribution in [0.4, 0.5) is 5.82 Å². The zero-order valence-electron chi connectivity index (χ0n) is 19.1. The van der Waals surface area contributed by atoms with Gasteiger partial charge in [0.05, 0.1) is 6.54 Å². The van der Waals surface area contributed by atoms with Gasteiger partial charge in [-0.05, 0) is 40.8 Å². The summed E-state index contributed by atoms with van der Waals surface area (Å²) in [6.45, 7) is 7.09. The average molecular weight is 498 g/mol. The maximum atomic E-state index is 12.7. The van der Waals surface area contributed by atoms with Gasteiger partial charge in [0.2, 0.25) is 0 Å². The summed E-state index contributed by atoms with van der Waals surface area (Å²) in [6, 6.07) is 17.0. The van der Waals surface area contributed by atoms with Gasteiger partial charge in [0.15, 0.2) is 18.2 Å². The van der Waals surface area contributed by atoms with E-state index in [0.717, 1.165) is 11.3 Å². The number of ether oxygens (including phenoxy) is 1. The van der Waals surface area contributed by atoms with Crippen molar-refractivity contribution in [1.29, 1.82) is 0 Å². The molecule has 0 unspecified atom stereocenters. The molecule has 0 atom stereocenters. The molecule has 176 valence electrons. The second-order valence-electron chi connectivity index (χ2n) is 8.86. The van der Waals surface area contributed by atoms with Crippen LogP contribution in [0.15, 0.2) is 67.0 Å². The molecular formula is C25H25Cl2N5O2. The molecule has 1 N–H and O–H groups in total. The average Bonchev–Trinajstić information content (AvgIpc) is 3.40.